The number of rotatable bonds is 1. The molecule has 0 aromatic heterocycles. The predicted octanol–water partition coefficient (Wildman–Crippen LogP) is -0.951. The molecule has 2 saturated heterocycles. The molecule has 0 spiro atoms. The third kappa shape index (κ3) is 1.73. The number of hydrogen-bond acceptors (Lipinski definition) is 5. The van der Waals surface area contributed by atoms with Gasteiger partial charge in [-0.05, 0) is 37.3 Å². The molecular formula is C13H23N5. The van der Waals surface area contributed by atoms with Crippen molar-refractivity contribution in [3.05, 3.63) is 11.6 Å². The maximum Gasteiger partial charge on any atom is 0.0478 e. The SMILES string of the molecule is C1=C(C2NNC3C2CCC2NCNC23)CNCC1. The molecular weight excluding hydrogens is 226 g/mol. The van der Waals surface area contributed by atoms with Gasteiger partial charge in [-0.15, -0.1) is 0 Å². The lowest BCUT2D eigenvalue weighted by molar-refractivity contribution is 0.244. The molecule has 5 unspecified atom stereocenters. The average Bonchev–Trinajstić information content (AvgIpc) is 3.05. The molecule has 0 radical (unpaired) electrons. The Morgan fingerprint density at radius 3 is 2.94 bits per heavy atom. The van der Waals surface area contributed by atoms with E-state index in [1.807, 2.05) is 0 Å². The van der Waals surface area contributed by atoms with Gasteiger partial charge in [-0.2, -0.15) is 0 Å². The highest BCUT2D eigenvalue weighted by molar-refractivity contribution is 5.22. The zero-order valence-corrected chi connectivity index (χ0v) is 10.7. The van der Waals surface area contributed by atoms with Crippen LogP contribution in [-0.2, 0) is 0 Å². The summed E-state index contributed by atoms with van der Waals surface area (Å²) in [7, 11) is 0. The van der Waals surface area contributed by atoms with Gasteiger partial charge in [0.1, 0.15) is 0 Å². The molecule has 18 heavy (non-hydrogen) atoms. The molecule has 1 aliphatic carbocycles. The molecule has 4 rings (SSSR count). The molecule has 0 amide bonds. The van der Waals surface area contributed by atoms with Gasteiger partial charge in [0.2, 0.25) is 0 Å². The Kier molecular flexibility index (Phi) is 2.89. The highest BCUT2D eigenvalue weighted by atomic mass is 15.4. The number of fused-ring (bicyclic) bond motifs is 3. The summed E-state index contributed by atoms with van der Waals surface area (Å²) in [5.74, 6) is 0.741. The van der Waals surface area contributed by atoms with Crippen molar-refractivity contribution < 1.29 is 0 Å². The van der Waals surface area contributed by atoms with E-state index in [2.05, 4.69) is 32.9 Å². The first-order valence-corrected chi connectivity index (χ1v) is 7.31. The van der Waals surface area contributed by atoms with Gasteiger partial charge in [0.15, 0.2) is 0 Å². The fraction of sp³-hybridized carbons (Fsp3) is 0.846. The van der Waals surface area contributed by atoms with E-state index in [1.54, 1.807) is 5.57 Å². The van der Waals surface area contributed by atoms with E-state index in [-0.39, 0.29) is 0 Å². The predicted molar refractivity (Wildman–Crippen MR) is 70.9 cm³/mol. The molecule has 5 N–H and O–H groups in total. The summed E-state index contributed by atoms with van der Waals surface area (Å²) in [5.41, 5.74) is 8.67. The number of hydrazine groups is 1. The molecule has 5 heteroatoms. The van der Waals surface area contributed by atoms with Crippen molar-refractivity contribution in [1.82, 2.24) is 26.8 Å². The van der Waals surface area contributed by atoms with Crippen LogP contribution in [0.5, 0.6) is 0 Å². The molecule has 5 atom stereocenters. The van der Waals surface area contributed by atoms with Gasteiger partial charge in [0.05, 0.1) is 0 Å². The Bertz CT molecular complexity index is 355. The summed E-state index contributed by atoms with van der Waals surface area (Å²) >= 11 is 0. The molecule has 4 aliphatic rings. The molecule has 5 nitrogen and oxygen atoms in total. The Morgan fingerprint density at radius 1 is 1.06 bits per heavy atom. The molecule has 0 bridgehead atoms. The van der Waals surface area contributed by atoms with Crippen molar-refractivity contribution in [3.63, 3.8) is 0 Å². The second kappa shape index (κ2) is 4.58. The number of nitrogens with one attached hydrogen (secondary N) is 5. The quantitative estimate of drug-likeness (QED) is 0.388. The highest BCUT2D eigenvalue weighted by Crippen LogP contribution is 2.34. The Labute approximate surface area is 108 Å². The summed E-state index contributed by atoms with van der Waals surface area (Å²) in [6, 6.07) is 2.37. The van der Waals surface area contributed by atoms with Crippen LogP contribution in [-0.4, -0.2) is 43.9 Å². The molecule has 3 aliphatic heterocycles. The van der Waals surface area contributed by atoms with Crippen LogP contribution >= 0.6 is 0 Å². The third-order valence-corrected chi connectivity index (χ3v) is 5.08. The van der Waals surface area contributed by atoms with Crippen molar-refractivity contribution in [1.29, 1.82) is 0 Å². The molecule has 3 heterocycles. The van der Waals surface area contributed by atoms with Crippen molar-refractivity contribution in [2.75, 3.05) is 19.8 Å². The van der Waals surface area contributed by atoms with Crippen molar-refractivity contribution in [3.8, 4) is 0 Å². The first-order chi connectivity index (χ1) is 8.93. The largest absolute Gasteiger partial charge is 0.313 e. The highest BCUT2D eigenvalue weighted by Gasteiger charge is 2.48. The minimum atomic E-state index is 0.533. The Morgan fingerprint density at radius 2 is 2.06 bits per heavy atom. The third-order valence-electron chi connectivity index (χ3n) is 5.08. The monoisotopic (exact) mass is 249 g/mol. The minimum Gasteiger partial charge on any atom is -0.313 e. The Balaban J connectivity index is 1.53. The van der Waals surface area contributed by atoms with E-state index in [0.29, 0.717) is 24.2 Å². The minimum absolute atomic E-state index is 0.533. The van der Waals surface area contributed by atoms with Crippen LogP contribution in [0.4, 0.5) is 0 Å². The summed E-state index contributed by atoms with van der Waals surface area (Å²) in [4.78, 5) is 0. The summed E-state index contributed by atoms with van der Waals surface area (Å²) in [6.45, 7) is 3.16. The van der Waals surface area contributed by atoms with Crippen LogP contribution in [0.3, 0.4) is 0 Å². The van der Waals surface area contributed by atoms with E-state index in [1.165, 1.54) is 19.3 Å². The fourth-order valence-electron chi connectivity index (χ4n) is 4.19. The molecule has 0 aromatic rings. The average molecular weight is 249 g/mol. The summed E-state index contributed by atoms with van der Waals surface area (Å²) in [6.07, 6.45) is 6.24. The van der Waals surface area contributed by atoms with Crippen molar-refractivity contribution in [2.45, 2.75) is 43.4 Å². The van der Waals surface area contributed by atoms with E-state index in [9.17, 15) is 0 Å². The molecule has 3 fully saturated rings. The van der Waals surface area contributed by atoms with Crippen LogP contribution in [0, 0.1) is 5.92 Å². The summed E-state index contributed by atoms with van der Waals surface area (Å²) < 4.78 is 0. The first kappa shape index (κ1) is 11.4. The van der Waals surface area contributed by atoms with E-state index < -0.39 is 0 Å². The standard InChI is InChI=1S/C13H23N5/c1-2-8(6-14-5-1)11-9-3-4-10-13(16-7-15-10)12(9)18-17-11/h2,9-18H,1,3-7H2. The molecule has 1 saturated carbocycles. The van der Waals surface area contributed by atoms with Gasteiger partial charge in [-0.3, -0.25) is 10.7 Å². The van der Waals surface area contributed by atoms with E-state index in [4.69, 9.17) is 0 Å². The lowest BCUT2D eigenvalue weighted by Crippen LogP contribution is -2.54. The van der Waals surface area contributed by atoms with Crippen LogP contribution in [0.25, 0.3) is 0 Å². The normalized spacial score (nSPS) is 47.6. The zero-order valence-electron chi connectivity index (χ0n) is 10.7. The molecule has 100 valence electrons. The Hall–Kier alpha value is -0.460. The second-order valence-electron chi connectivity index (χ2n) is 6.00. The molecule has 0 aromatic carbocycles. The zero-order chi connectivity index (χ0) is 11.9. The fourth-order valence-corrected chi connectivity index (χ4v) is 4.19. The van der Waals surface area contributed by atoms with Gasteiger partial charge in [-0.25, -0.2) is 5.43 Å². The first-order valence-electron chi connectivity index (χ1n) is 7.31. The second-order valence-corrected chi connectivity index (χ2v) is 6.00. The number of hydrogen-bond donors (Lipinski definition) is 5. The van der Waals surface area contributed by atoms with Crippen LogP contribution in [0.2, 0.25) is 0 Å². The van der Waals surface area contributed by atoms with Crippen LogP contribution < -0.4 is 26.8 Å². The maximum atomic E-state index is 3.60. The lowest BCUT2D eigenvalue weighted by atomic mass is 9.75. The van der Waals surface area contributed by atoms with Crippen molar-refractivity contribution in [2.24, 2.45) is 5.92 Å². The smallest absolute Gasteiger partial charge is 0.0478 e. The van der Waals surface area contributed by atoms with Crippen LogP contribution in [0.15, 0.2) is 11.6 Å². The van der Waals surface area contributed by atoms with E-state index in [0.717, 1.165) is 25.7 Å². The maximum absolute atomic E-state index is 3.60. The van der Waals surface area contributed by atoms with Crippen molar-refractivity contribution >= 4 is 0 Å². The van der Waals surface area contributed by atoms with Gasteiger partial charge in [-0.1, -0.05) is 6.08 Å². The van der Waals surface area contributed by atoms with Gasteiger partial charge in [0, 0.05) is 37.4 Å². The topological polar surface area (TPSA) is 60.1 Å². The lowest BCUT2D eigenvalue weighted by Gasteiger charge is -2.37. The van der Waals surface area contributed by atoms with Gasteiger partial charge < -0.3 is 10.6 Å². The van der Waals surface area contributed by atoms with E-state index >= 15 is 0 Å². The van der Waals surface area contributed by atoms with Gasteiger partial charge >= 0.3 is 0 Å². The van der Waals surface area contributed by atoms with Crippen LogP contribution in [0.1, 0.15) is 19.3 Å². The van der Waals surface area contributed by atoms with Gasteiger partial charge in [0.25, 0.3) is 0 Å². The summed E-state index contributed by atoms with van der Waals surface area (Å²) in [5, 5.41) is 10.7.